The van der Waals surface area contributed by atoms with Crippen LogP contribution in [0.4, 0.5) is 10.1 Å². The molecule has 122 valence electrons. The first-order valence-corrected chi connectivity index (χ1v) is 8.48. The van der Waals surface area contributed by atoms with Gasteiger partial charge >= 0.3 is 0 Å². The van der Waals surface area contributed by atoms with Crippen LogP contribution in [0.3, 0.4) is 0 Å². The first-order valence-electron chi connectivity index (χ1n) is 6.91. The first-order chi connectivity index (χ1) is 11.4. The highest BCUT2D eigenvalue weighted by Gasteiger charge is 2.30. The Morgan fingerprint density at radius 2 is 1.88 bits per heavy atom. The number of amides is 1. The second-order valence-corrected chi connectivity index (χ2v) is 6.86. The fraction of sp³-hybridized carbons (Fsp3) is 0.0588. The van der Waals surface area contributed by atoms with Crippen LogP contribution >= 0.6 is 35.0 Å². The third kappa shape index (κ3) is 3.64. The predicted octanol–water partition coefficient (Wildman–Crippen LogP) is 5.37. The standard InChI is InChI=1S/C17H11Cl2FN2OS/c1-22-16(23)15(8-10-2-3-11(18)9-14(10)19)24-17(22)21-13-6-4-12(20)5-7-13/h2-9H,1H3/b15-8+,21-17?. The molecule has 3 rings (SSSR count). The highest BCUT2D eigenvalue weighted by molar-refractivity contribution is 8.18. The quantitative estimate of drug-likeness (QED) is 0.656. The number of hydrogen-bond acceptors (Lipinski definition) is 3. The van der Waals surface area contributed by atoms with Crippen molar-refractivity contribution in [3.8, 4) is 0 Å². The van der Waals surface area contributed by atoms with Crippen molar-refractivity contribution in [3.63, 3.8) is 0 Å². The summed E-state index contributed by atoms with van der Waals surface area (Å²) < 4.78 is 13.0. The van der Waals surface area contributed by atoms with Gasteiger partial charge in [0.05, 0.1) is 10.6 Å². The zero-order valence-electron chi connectivity index (χ0n) is 12.5. The molecular weight excluding hydrogens is 370 g/mol. The van der Waals surface area contributed by atoms with E-state index >= 15 is 0 Å². The largest absolute Gasteiger partial charge is 0.290 e. The van der Waals surface area contributed by atoms with Crippen LogP contribution in [0.2, 0.25) is 10.0 Å². The summed E-state index contributed by atoms with van der Waals surface area (Å²) in [6, 6.07) is 10.8. The smallest absolute Gasteiger partial charge is 0.266 e. The van der Waals surface area contributed by atoms with Gasteiger partial charge in [0.1, 0.15) is 5.82 Å². The van der Waals surface area contributed by atoms with Crippen molar-refractivity contribution in [3.05, 3.63) is 68.8 Å². The van der Waals surface area contributed by atoms with E-state index in [0.29, 0.717) is 31.4 Å². The summed E-state index contributed by atoms with van der Waals surface area (Å²) in [5.41, 5.74) is 1.28. The van der Waals surface area contributed by atoms with Gasteiger partial charge in [-0.15, -0.1) is 0 Å². The van der Waals surface area contributed by atoms with Crippen molar-refractivity contribution < 1.29 is 9.18 Å². The minimum absolute atomic E-state index is 0.174. The maximum absolute atomic E-state index is 13.0. The van der Waals surface area contributed by atoms with Crippen molar-refractivity contribution in [2.75, 3.05) is 7.05 Å². The summed E-state index contributed by atoms with van der Waals surface area (Å²) in [6.45, 7) is 0. The molecule has 0 spiro atoms. The number of nitrogens with zero attached hydrogens (tertiary/aromatic N) is 2. The fourth-order valence-corrected chi connectivity index (χ4v) is 3.48. The molecule has 1 saturated heterocycles. The van der Waals surface area contributed by atoms with Crippen molar-refractivity contribution >= 4 is 57.8 Å². The molecule has 0 unspecified atom stereocenters. The molecule has 0 aliphatic carbocycles. The molecule has 0 bridgehead atoms. The van der Waals surface area contributed by atoms with Crippen molar-refractivity contribution in [2.24, 2.45) is 4.99 Å². The number of hydrogen-bond donors (Lipinski definition) is 0. The van der Waals surface area contributed by atoms with Gasteiger partial charge in [0, 0.05) is 17.1 Å². The second kappa shape index (κ2) is 6.97. The Bertz CT molecular complexity index is 865. The lowest BCUT2D eigenvalue weighted by atomic mass is 10.2. The Hall–Kier alpha value is -1.82. The molecule has 2 aromatic rings. The zero-order chi connectivity index (χ0) is 17.3. The molecule has 0 N–H and O–H groups in total. The highest BCUT2D eigenvalue weighted by atomic mass is 35.5. The van der Waals surface area contributed by atoms with E-state index in [9.17, 15) is 9.18 Å². The van der Waals surface area contributed by atoms with Gasteiger partial charge in [-0.25, -0.2) is 9.38 Å². The van der Waals surface area contributed by atoms with E-state index in [0.717, 1.165) is 0 Å². The van der Waals surface area contributed by atoms with Gasteiger partial charge in [-0.1, -0.05) is 29.3 Å². The molecule has 1 aliphatic rings. The van der Waals surface area contributed by atoms with E-state index in [-0.39, 0.29) is 11.7 Å². The third-order valence-electron chi connectivity index (χ3n) is 3.30. The number of rotatable bonds is 2. The number of benzene rings is 2. The number of likely N-dealkylation sites (N-methyl/N-ethyl adjacent to an activating group) is 1. The van der Waals surface area contributed by atoms with Crippen LogP contribution in [-0.4, -0.2) is 23.0 Å². The first kappa shape index (κ1) is 17.0. The predicted molar refractivity (Wildman–Crippen MR) is 98.3 cm³/mol. The number of thioether (sulfide) groups is 1. The van der Waals surface area contributed by atoms with Gasteiger partial charge in [0.25, 0.3) is 5.91 Å². The molecule has 2 aromatic carbocycles. The molecule has 1 fully saturated rings. The van der Waals surface area contributed by atoms with Gasteiger partial charge in [-0.2, -0.15) is 0 Å². The Balaban J connectivity index is 1.91. The van der Waals surface area contributed by atoms with E-state index in [1.807, 2.05) is 0 Å². The zero-order valence-corrected chi connectivity index (χ0v) is 14.8. The van der Waals surface area contributed by atoms with E-state index in [2.05, 4.69) is 4.99 Å². The van der Waals surface area contributed by atoms with Crippen molar-refractivity contribution in [1.29, 1.82) is 0 Å². The SMILES string of the molecule is CN1C(=O)/C(=C\c2ccc(Cl)cc2Cl)SC1=Nc1ccc(F)cc1. The van der Waals surface area contributed by atoms with Crippen LogP contribution in [0.25, 0.3) is 6.08 Å². The highest BCUT2D eigenvalue weighted by Crippen LogP contribution is 2.34. The molecule has 24 heavy (non-hydrogen) atoms. The molecule has 0 aromatic heterocycles. The second-order valence-electron chi connectivity index (χ2n) is 5.01. The van der Waals surface area contributed by atoms with Crippen LogP contribution < -0.4 is 0 Å². The molecule has 1 aliphatic heterocycles. The van der Waals surface area contributed by atoms with Gasteiger partial charge in [-0.05, 0) is 59.8 Å². The molecule has 3 nitrogen and oxygen atoms in total. The number of carbonyl (C=O) groups is 1. The van der Waals surface area contributed by atoms with Crippen LogP contribution in [0, 0.1) is 5.82 Å². The maximum atomic E-state index is 13.0. The molecule has 1 amide bonds. The molecule has 0 atom stereocenters. The number of carbonyl (C=O) groups excluding carboxylic acids is 1. The summed E-state index contributed by atoms with van der Waals surface area (Å²) in [5.74, 6) is -0.507. The van der Waals surface area contributed by atoms with Gasteiger partial charge < -0.3 is 0 Å². The summed E-state index contributed by atoms with van der Waals surface area (Å²) >= 11 is 13.3. The summed E-state index contributed by atoms with van der Waals surface area (Å²) in [7, 11) is 1.64. The summed E-state index contributed by atoms with van der Waals surface area (Å²) in [6.07, 6.45) is 1.70. The van der Waals surface area contributed by atoms with Crippen LogP contribution in [0.5, 0.6) is 0 Å². The fourth-order valence-electron chi connectivity index (χ4n) is 2.04. The minimum atomic E-state index is -0.333. The number of aliphatic imine (C=N–C) groups is 1. The lowest BCUT2D eigenvalue weighted by molar-refractivity contribution is -0.121. The van der Waals surface area contributed by atoms with Gasteiger partial charge in [-0.3, -0.25) is 9.69 Å². The van der Waals surface area contributed by atoms with Gasteiger partial charge in [0.15, 0.2) is 5.17 Å². The number of amidine groups is 1. The van der Waals surface area contributed by atoms with E-state index in [1.165, 1.54) is 28.8 Å². The Morgan fingerprint density at radius 1 is 1.17 bits per heavy atom. The average Bonchev–Trinajstić information content (AvgIpc) is 2.80. The molecule has 1 heterocycles. The van der Waals surface area contributed by atoms with E-state index in [4.69, 9.17) is 23.2 Å². The summed E-state index contributed by atoms with van der Waals surface area (Å²) in [5, 5.41) is 1.51. The van der Waals surface area contributed by atoms with E-state index in [1.54, 1.807) is 43.5 Å². The lowest BCUT2D eigenvalue weighted by Crippen LogP contribution is -2.23. The Labute approximate surface area is 152 Å². The van der Waals surface area contributed by atoms with Crippen LogP contribution in [0.15, 0.2) is 52.4 Å². The maximum Gasteiger partial charge on any atom is 0.266 e. The van der Waals surface area contributed by atoms with Crippen molar-refractivity contribution in [2.45, 2.75) is 0 Å². The molecule has 0 radical (unpaired) electrons. The summed E-state index contributed by atoms with van der Waals surface area (Å²) in [4.78, 5) is 18.7. The van der Waals surface area contributed by atoms with Crippen LogP contribution in [-0.2, 0) is 4.79 Å². The Morgan fingerprint density at radius 3 is 2.54 bits per heavy atom. The number of halogens is 3. The molecule has 7 heteroatoms. The average molecular weight is 381 g/mol. The topological polar surface area (TPSA) is 32.7 Å². The van der Waals surface area contributed by atoms with Gasteiger partial charge in [0.2, 0.25) is 0 Å². The monoisotopic (exact) mass is 380 g/mol. The van der Waals surface area contributed by atoms with E-state index < -0.39 is 0 Å². The van der Waals surface area contributed by atoms with Crippen molar-refractivity contribution in [1.82, 2.24) is 4.90 Å². The lowest BCUT2D eigenvalue weighted by Gasteiger charge is -2.07. The third-order valence-corrected chi connectivity index (χ3v) is 4.93. The Kier molecular flexibility index (Phi) is 4.94. The molecule has 0 saturated carbocycles. The minimum Gasteiger partial charge on any atom is -0.290 e. The molecular formula is C17H11Cl2FN2OS. The normalized spacial score (nSPS) is 18.0. The van der Waals surface area contributed by atoms with Crippen LogP contribution in [0.1, 0.15) is 5.56 Å².